The number of esters is 1. The molecule has 4 rings (SSSR count). The second kappa shape index (κ2) is 9.99. The molecule has 0 aliphatic heterocycles. The number of benzene rings is 2. The molecule has 0 aliphatic rings. The Labute approximate surface area is 206 Å². The monoisotopic (exact) mass is 522 g/mol. The van der Waals surface area contributed by atoms with E-state index in [-0.39, 0.29) is 24.9 Å². The molecular formula is C24H19F5N4O4. The molecular weight excluding hydrogens is 503 g/mol. The number of carbonyl (C=O) groups excluding carboxylic acids is 1. The molecule has 0 radical (unpaired) electrons. The lowest BCUT2D eigenvalue weighted by Crippen LogP contribution is -2.28. The summed E-state index contributed by atoms with van der Waals surface area (Å²) in [5, 5.41) is 8.22. The molecule has 0 unspecified atom stereocenters. The zero-order chi connectivity index (χ0) is 26.8. The number of ether oxygens (including phenoxy) is 2. The van der Waals surface area contributed by atoms with Crippen LogP contribution < -0.4 is 4.74 Å². The molecule has 8 nitrogen and oxygen atoms in total. The summed E-state index contributed by atoms with van der Waals surface area (Å²) >= 11 is 0. The molecule has 0 fully saturated rings. The van der Waals surface area contributed by atoms with Crippen molar-refractivity contribution in [3.05, 3.63) is 71.4 Å². The van der Waals surface area contributed by atoms with Crippen molar-refractivity contribution in [3.8, 4) is 28.7 Å². The Kier molecular flexibility index (Phi) is 6.96. The van der Waals surface area contributed by atoms with Crippen molar-refractivity contribution in [1.29, 1.82) is 0 Å². The number of hydrogen-bond donors (Lipinski definition) is 0. The van der Waals surface area contributed by atoms with E-state index in [0.29, 0.717) is 22.5 Å². The Balaban J connectivity index is 1.51. The molecule has 0 bridgehead atoms. The molecule has 37 heavy (non-hydrogen) atoms. The van der Waals surface area contributed by atoms with Gasteiger partial charge >= 0.3 is 18.3 Å². The summed E-state index contributed by atoms with van der Waals surface area (Å²) in [6.07, 6.45) is -4.80. The number of nitrogens with zero attached hydrogens (tertiary/aromatic N) is 4. The predicted molar refractivity (Wildman–Crippen MR) is 118 cm³/mol. The second-order valence-electron chi connectivity index (χ2n) is 7.82. The fourth-order valence-electron chi connectivity index (χ4n) is 3.40. The number of hydrogen-bond acceptors (Lipinski definition) is 7. The second-order valence-corrected chi connectivity index (χ2v) is 7.82. The van der Waals surface area contributed by atoms with E-state index in [4.69, 9.17) is 4.52 Å². The summed E-state index contributed by atoms with van der Waals surface area (Å²) in [5.74, 6) is -5.64. The molecule has 4 aromatic rings. The van der Waals surface area contributed by atoms with Crippen LogP contribution in [-0.4, -0.2) is 38.9 Å². The topological polar surface area (TPSA) is 92.3 Å². The molecule has 0 spiro atoms. The smallest absolute Gasteiger partial charge is 0.461 e. The minimum absolute atomic E-state index is 0.0510. The summed E-state index contributed by atoms with van der Waals surface area (Å²) < 4.78 is 80.9. The van der Waals surface area contributed by atoms with Crippen LogP contribution >= 0.6 is 0 Å². The molecule has 2 heterocycles. The molecule has 0 saturated heterocycles. The van der Waals surface area contributed by atoms with Gasteiger partial charge in [-0.1, -0.05) is 23.4 Å². The number of carbonyl (C=O) groups is 1. The predicted octanol–water partition coefficient (Wildman–Crippen LogP) is 5.51. The first kappa shape index (κ1) is 25.8. The van der Waals surface area contributed by atoms with Crippen molar-refractivity contribution >= 4 is 5.97 Å². The molecule has 0 saturated carbocycles. The Bertz CT molecular complexity index is 1400. The van der Waals surface area contributed by atoms with Gasteiger partial charge in [-0.2, -0.15) is 18.9 Å². The highest BCUT2D eigenvalue weighted by Gasteiger charge is 2.42. The van der Waals surface area contributed by atoms with E-state index in [1.54, 1.807) is 19.1 Å². The summed E-state index contributed by atoms with van der Waals surface area (Å²) in [6, 6.07) is 12.0. The van der Waals surface area contributed by atoms with Crippen LogP contribution in [0.5, 0.6) is 5.75 Å². The standard InChI is InChI=1S/C24H19F5N4O4/c1-3-35-22(34)23(25,26)17-6-4-5-15(12-17)13-33-14(2)11-19(31-33)21-30-20(32-37-21)16-7-9-18(10-8-16)36-24(27,28)29/h4-12H,3,13H2,1-2H3. The number of aromatic nitrogens is 4. The highest BCUT2D eigenvalue weighted by Crippen LogP contribution is 2.31. The van der Waals surface area contributed by atoms with Crippen LogP contribution in [0.25, 0.3) is 23.0 Å². The fraction of sp³-hybridized carbons (Fsp3) is 0.250. The van der Waals surface area contributed by atoms with Crippen LogP contribution in [0.1, 0.15) is 23.7 Å². The van der Waals surface area contributed by atoms with Crippen molar-refractivity contribution in [2.75, 3.05) is 6.61 Å². The molecule has 2 aromatic heterocycles. The van der Waals surface area contributed by atoms with E-state index in [1.807, 2.05) is 0 Å². The van der Waals surface area contributed by atoms with Crippen molar-refractivity contribution in [2.45, 2.75) is 32.7 Å². The van der Waals surface area contributed by atoms with E-state index in [0.717, 1.165) is 18.2 Å². The zero-order valence-electron chi connectivity index (χ0n) is 19.4. The SMILES string of the molecule is CCOC(=O)C(F)(F)c1cccc(Cn2nc(-c3nc(-c4ccc(OC(F)(F)F)cc4)no3)cc2C)c1. The van der Waals surface area contributed by atoms with Gasteiger partial charge in [-0.25, -0.2) is 4.79 Å². The summed E-state index contributed by atoms with van der Waals surface area (Å²) in [4.78, 5) is 15.9. The van der Waals surface area contributed by atoms with Crippen LogP contribution in [0.4, 0.5) is 22.0 Å². The Morgan fingerprint density at radius 2 is 1.78 bits per heavy atom. The minimum Gasteiger partial charge on any atom is -0.461 e. The Hall–Kier alpha value is -4.29. The van der Waals surface area contributed by atoms with E-state index < -0.39 is 29.6 Å². The van der Waals surface area contributed by atoms with Crippen LogP contribution in [0.15, 0.2) is 59.1 Å². The van der Waals surface area contributed by atoms with E-state index in [2.05, 4.69) is 24.7 Å². The zero-order valence-corrected chi connectivity index (χ0v) is 19.4. The van der Waals surface area contributed by atoms with Gasteiger partial charge in [0.15, 0.2) is 5.69 Å². The number of halogens is 5. The molecule has 13 heteroatoms. The van der Waals surface area contributed by atoms with Crippen molar-refractivity contribution in [2.24, 2.45) is 0 Å². The average Bonchev–Trinajstić information content (AvgIpc) is 3.46. The highest BCUT2D eigenvalue weighted by atomic mass is 19.4. The normalized spacial score (nSPS) is 12.0. The first-order chi connectivity index (χ1) is 17.5. The number of alkyl halides is 5. The van der Waals surface area contributed by atoms with Gasteiger partial charge in [0.05, 0.1) is 13.2 Å². The molecule has 2 aromatic carbocycles. The van der Waals surface area contributed by atoms with Crippen LogP contribution in [0.3, 0.4) is 0 Å². The Morgan fingerprint density at radius 1 is 1.05 bits per heavy atom. The van der Waals surface area contributed by atoms with Gasteiger partial charge in [0, 0.05) is 16.8 Å². The van der Waals surface area contributed by atoms with E-state index in [9.17, 15) is 26.7 Å². The third kappa shape index (κ3) is 5.93. The largest absolute Gasteiger partial charge is 0.573 e. The first-order valence-corrected chi connectivity index (χ1v) is 10.9. The maximum Gasteiger partial charge on any atom is 0.573 e. The third-order valence-electron chi connectivity index (χ3n) is 5.13. The third-order valence-corrected chi connectivity index (χ3v) is 5.13. The van der Waals surface area contributed by atoms with Crippen LogP contribution in [0.2, 0.25) is 0 Å². The quantitative estimate of drug-likeness (QED) is 0.223. The fourth-order valence-corrected chi connectivity index (χ4v) is 3.40. The molecule has 0 amide bonds. The maximum absolute atomic E-state index is 14.4. The van der Waals surface area contributed by atoms with Gasteiger partial charge in [0.1, 0.15) is 5.75 Å². The van der Waals surface area contributed by atoms with Crippen molar-refractivity contribution < 1.29 is 40.7 Å². The van der Waals surface area contributed by atoms with Crippen molar-refractivity contribution in [3.63, 3.8) is 0 Å². The minimum atomic E-state index is -4.80. The van der Waals surface area contributed by atoms with Gasteiger partial charge in [-0.3, -0.25) is 4.68 Å². The lowest BCUT2D eigenvalue weighted by atomic mass is 10.1. The van der Waals surface area contributed by atoms with Gasteiger partial charge < -0.3 is 14.0 Å². The molecule has 0 atom stereocenters. The van der Waals surface area contributed by atoms with E-state index >= 15 is 0 Å². The van der Waals surface area contributed by atoms with E-state index in [1.165, 1.54) is 35.9 Å². The van der Waals surface area contributed by atoms with Crippen LogP contribution in [0, 0.1) is 6.92 Å². The summed E-state index contributed by atoms with van der Waals surface area (Å²) in [6.45, 7) is 3.13. The number of aryl methyl sites for hydroxylation is 1. The highest BCUT2D eigenvalue weighted by molar-refractivity contribution is 5.79. The van der Waals surface area contributed by atoms with Gasteiger partial charge in [0.25, 0.3) is 5.89 Å². The maximum atomic E-state index is 14.4. The van der Waals surface area contributed by atoms with Crippen molar-refractivity contribution in [1.82, 2.24) is 19.9 Å². The number of rotatable bonds is 8. The first-order valence-electron chi connectivity index (χ1n) is 10.9. The molecule has 0 aliphatic carbocycles. The van der Waals surface area contributed by atoms with Gasteiger partial charge in [0.2, 0.25) is 5.82 Å². The lowest BCUT2D eigenvalue weighted by molar-refractivity contribution is -0.274. The molecule has 194 valence electrons. The Morgan fingerprint density at radius 3 is 2.46 bits per heavy atom. The summed E-state index contributed by atoms with van der Waals surface area (Å²) in [7, 11) is 0. The lowest BCUT2D eigenvalue weighted by Gasteiger charge is -2.16. The van der Waals surface area contributed by atoms with Gasteiger partial charge in [-0.05, 0) is 55.8 Å². The van der Waals surface area contributed by atoms with Crippen LogP contribution in [-0.2, 0) is 22.0 Å². The summed E-state index contributed by atoms with van der Waals surface area (Å²) in [5.41, 5.74) is 1.32. The average molecular weight is 522 g/mol. The molecule has 0 N–H and O–H groups in total. The van der Waals surface area contributed by atoms with Gasteiger partial charge in [-0.15, -0.1) is 13.2 Å².